The van der Waals surface area contributed by atoms with Crippen molar-refractivity contribution in [2.75, 3.05) is 6.61 Å². The summed E-state index contributed by atoms with van der Waals surface area (Å²) in [6.45, 7) is 2.54. The van der Waals surface area contributed by atoms with Crippen LogP contribution in [0.1, 0.15) is 20.8 Å². The zero-order valence-corrected chi connectivity index (χ0v) is 13.8. The van der Waals surface area contributed by atoms with Gasteiger partial charge < -0.3 is 20.1 Å². The van der Waals surface area contributed by atoms with Gasteiger partial charge in [-0.25, -0.2) is 15.0 Å². The number of nitrogens with zero attached hydrogens (tertiary/aromatic N) is 4. The summed E-state index contributed by atoms with van der Waals surface area (Å²) in [5.41, 5.74) is -2.32. The summed E-state index contributed by atoms with van der Waals surface area (Å²) < 4.78 is 5.33. The van der Waals surface area contributed by atoms with Crippen LogP contribution in [0, 0.1) is 11.3 Å². The van der Waals surface area contributed by atoms with Crippen molar-refractivity contribution in [3.8, 4) is 6.07 Å². The number of ketones is 2. The molecule has 136 valence electrons. The van der Waals surface area contributed by atoms with E-state index in [9.17, 15) is 35.0 Å². The van der Waals surface area contributed by atoms with E-state index >= 15 is 0 Å². The van der Waals surface area contributed by atoms with E-state index in [2.05, 4.69) is 4.99 Å². The number of carbonyl (C=O) groups excluding carboxylic acids is 3. The number of carbonyl (C=O) groups is 3. The molecule has 1 fully saturated rings. The minimum absolute atomic E-state index is 0.457. The van der Waals surface area contributed by atoms with Gasteiger partial charge in [0.1, 0.15) is 24.4 Å². The van der Waals surface area contributed by atoms with Gasteiger partial charge in [0.25, 0.3) is 0 Å². The Morgan fingerprint density at radius 2 is 1.88 bits per heavy atom. The molecule has 11 heteroatoms. The Bertz CT molecular complexity index is 687. The first kappa shape index (κ1) is 18.9. The number of aliphatic hydroxyl groups is 3. The average molecular weight is 354 g/mol. The zero-order chi connectivity index (χ0) is 19.1. The third kappa shape index (κ3) is 2.69. The number of aliphatic imine (C=N–C) groups is 1. The number of amides is 1. The van der Waals surface area contributed by atoms with Crippen molar-refractivity contribution in [1.29, 1.82) is 5.26 Å². The maximum atomic E-state index is 12.1. The highest BCUT2D eigenvalue weighted by atomic mass is 16.6. The monoisotopic (exact) mass is 354 g/mol. The molecule has 5 atom stereocenters. The second-order valence-electron chi connectivity index (χ2n) is 5.74. The lowest BCUT2D eigenvalue weighted by atomic mass is 10.1. The Balaban J connectivity index is 2.60. The number of nitriles is 1. The Labute approximate surface area is 142 Å². The van der Waals surface area contributed by atoms with Gasteiger partial charge in [0.15, 0.2) is 23.6 Å². The van der Waals surface area contributed by atoms with Gasteiger partial charge in [-0.1, -0.05) is 0 Å². The van der Waals surface area contributed by atoms with Gasteiger partial charge >= 0.3 is 5.66 Å². The molecule has 1 unspecified atom stereocenters. The molecule has 0 aliphatic carbocycles. The summed E-state index contributed by atoms with van der Waals surface area (Å²) in [6.07, 6.45) is -5.83. The number of Topliss-reactive ketones (excluding diaryl/α,β-unsaturated/α-hetero) is 2. The standard InChI is InChI=1S/C14H18N4O7/c1-6(20)12-16-14(5-15,7(2)21)18(8(3)22)17(12)13-11(24)10(23)9(4-19)25-13/h9-11,13,19,23-24H,4H2,1-3H3/t9-,10-,11-,13-,14?/m1/s1. The van der Waals surface area contributed by atoms with Crippen molar-refractivity contribution in [3.63, 3.8) is 0 Å². The predicted molar refractivity (Wildman–Crippen MR) is 79.3 cm³/mol. The van der Waals surface area contributed by atoms with Crippen LogP contribution in [0.15, 0.2) is 4.99 Å². The van der Waals surface area contributed by atoms with Gasteiger partial charge in [0.05, 0.1) is 6.61 Å². The van der Waals surface area contributed by atoms with E-state index in [4.69, 9.17) is 4.74 Å². The highest BCUT2D eigenvalue weighted by molar-refractivity contribution is 6.39. The van der Waals surface area contributed by atoms with E-state index in [1.807, 2.05) is 0 Å². The van der Waals surface area contributed by atoms with Crippen LogP contribution in [0.2, 0.25) is 0 Å². The molecule has 2 rings (SSSR count). The third-order valence-corrected chi connectivity index (χ3v) is 4.02. The molecule has 25 heavy (non-hydrogen) atoms. The van der Waals surface area contributed by atoms with E-state index in [1.165, 1.54) is 0 Å². The summed E-state index contributed by atoms with van der Waals surface area (Å²) in [7, 11) is 0. The van der Waals surface area contributed by atoms with E-state index in [0.29, 0.717) is 5.01 Å². The van der Waals surface area contributed by atoms with Crippen molar-refractivity contribution in [3.05, 3.63) is 0 Å². The maximum absolute atomic E-state index is 12.1. The maximum Gasteiger partial charge on any atom is 0.301 e. The second kappa shape index (κ2) is 6.49. The van der Waals surface area contributed by atoms with Gasteiger partial charge in [-0.15, -0.1) is 0 Å². The van der Waals surface area contributed by atoms with Gasteiger partial charge in [-0.05, 0) is 0 Å². The lowest BCUT2D eigenvalue weighted by Gasteiger charge is -2.38. The van der Waals surface area contributed by atoms with Crippen molar-refractivity contribution in [2.45, 2.75) is 51.0 Å². The topological polar surface area (TPSA) is 164 Å². The normalized spacial score (nSPS) is 34.7. The van der Waals surface area contributed by atoms with E-state index in [-0.39, 0.29) is 0 Å². The summed E-state index contributed by atoms with van der Waals surface area (Å²) in [4.78, 5) is 40.0. The molecule has 0 radical (unpaired) electrons. The molecule has 3 N–H and O–H groups in total. The molecule has 0 aromatic carbocycles. The number of hydrogen-bond acceptors (Lipinski definition) is 10. The lowest BCUT2D eigenvalue weighted by Crippen LogP contribution is -2.62. The molecule has 11 nitrogen and oxygen atoms in total. The number of aliphatic hydroxyl groups excluding tert-OH is 3. The van der Waals surface area contributed by atoms with Gasteiger partial charge in [-0.2, -0.15) is 5.26 Å². The summed E-state index contributed by atoms with van der Waals surface area (Å²) in [5, 5.41) is 40.2. The van der Waals surface area contributed by atoms with E-state index in [1.54, 1.807) is 6.07 Å². The fraction of sp³-hybridized carbons (Fsp3) is 0.643. The molecule has 0 bridgehead atoms. The Morgan fingerprint density at radius 3 is 2.24 bits per heavy atom. The molecule has 0 saturated carbocycles. The lowest BCUT2D eigenvalue weighted by molar-refractivity contribution is -0.180. The minimum Gasteiger partial charge on any atom is -0.394 e. The van der Waals surface area contributed by atoms with E-state index < -0.39 is 60.1 Å². The molecule has 1 amide bonds. The van der Waals surface area contributed by atoms with Crippen molar-refractivity contribution < 1.29 is 34.4 Å². The molecular formula is C14H18N4O7. The van der Waals surface area contributed by atoms with Crippen LogP contribution >= 0.6 is 0 Å². The average Bonchev–Trinajstić information content (AvgIpc) is 3.04. The molecule has 1 saturated heterocycles. The minimum atomic E-state index is -2.32. The van der Waals surface area contributed by atoms with E-state index in [0.717, 1.165) is 25.8 Å². The number of rotatable bonds is 4. The Morgan fingerprint density at radius 1 is 1.28 bits per heavy atom. The van der Waals surface area contributed by atoms with Gasteiger partial charge in [0.2, 0.25) is 5.91 Å². The molecule has 2 aliphatic rings. The highest BCUT2D eigenvalue weighted by Gasteiger charge is 2.59. The van der Waals surface area contributed by atoms with Crippen LogP contribution < -0.4 is 0 Å². The van der Waals surface area contributed by atoms with Crippen LogP contribution in [0.25, 0.3) is 0 Å². The number of hydrazine groups is 1. The van der Waals surface area contributed by atoms with Gasteiger partial charge in [0, 0.05) is 20.8 Å². The number of ether oxygens (including phenoxy) is 1. The molecule has 2 heterocycles. The predicted octanol–water partition coefficient (Wildman–Crippen LogP) is -2.70. The van der Waals surface area contributed by atoms with Crippen molar-refractivity contribution in [1.82, 2.24) is 10.0 Å². The fourth-order valence-electron chi connectivity index (χ4n) is 2.82. The second-order valence-corrected chi connectivity index (χ2v) is 5.74. The molecule has 0 spiro atoms. The first-order valence-electron chi connectivity index (χ1n) is 7.37. The van der Waals surface area contributed by atoms with Crippen LogP contribution in [0.4, 0.5) is 0 Å². The van der Waals surface area contributed by atoms with Crippen molar-refractivity contribution >= 4 is 23.3 Å². The number of amidine groups is 1. The molecular weight excluding hydrogens is 336 g/mol. The zero-order valence-electron chi connectivity index (χ0n) is 13.8. The fourth-order valence-corrected chi connectivity index (χ4v) is 2.82. The Hall–Kier alpha value is -2.39. The SMILES string of the molecule is CC(=O)C1=NC(C#N)(C(C)=O)N(C(C)=O)N1[C@@H]1O[C@H](CO)[C@@H](O)[C@H]1O. The van der Waals surface area contributed by atoms with Crippen LogP contribution in [0.3, 0.4) is 0 Å². The highest BCUT2D eigenvalue weighted by Crippen LogP contribution is 2.35. The van der Waals surface area contributed by atoms with Gasteiger partial charge in [-0.3, -0.25) is 14.4 Å². The summed E-state index contributed by atoms with van der Waals surface area (Å²) >= 11 is 0. The summed E-state index contributed by atoms with van der Waals surface area (Å²) in [6, 6.07) is 1.62. The largest absolute Gasteiger partial charge is 0.394 e. The smallest absolute Gasteiger partial charge is 0.301 e. The molecule has 0 aromatic rings. The first-order chi connectivity index (χ1) is 11.6. The van der Waals surface area contributed by atoms with Crippen molar-refractivity contribution in [2.24, 2.45) is 4.99 Å². The summed E-state index contributed by atoms with van der Waals surface area (Å²) in [5.74, 6) is -2.78. The first-order valence-corrected chi connectivity index (χ1v) is 7.37. The quantitative estimate of drug-likeness (QED) is 0.487. The molecule has 2 aliphatic heterocycles. The Kier molecular flexibility index (Phi) is 4.92. The van der Waals surface area contributed by atoms with Crippen LogP contribution in [0.5, 0.6) is 0 Å². The number of hydrogen-bond donors (Lipinski definition) is 3. The molecule has 0 aromatic heterocycles. The van der Waals surface area contributed by atoms with Crippen LogP contribution in [-0.4, -0.2) is 85.5 Å². The third-order valence-electron chi connectivity index (χ3n) is 4.02. The van der Waals surface area contributed by atoms with Crippen LogP contribution in [-0.2, 0) is 19.1 Å².